The van der Waals surface area contributed by atoms with E-state index < -0.39 is 41.6 Å². The maximum absolute atomic E-state index is 13.0. The highest BCUT2D eigenvalue weighted by atomic mass is 35.5. The average molecular weight is 407 g/mol. The van der Waals surface area contributed by atoms with Crippen LogP contribution in [-0.4, -0.2) is 29.5 Å². The second-order valence-electron chi connectivity index (χ2n) is 5.83. The lowest BCUT2D eigenvalue weighted by molar-refractivity contribution is -0.139. The summed E-state index contributed by atoms with van der Waals surface area (Å²) in [4.78, 5) is 34.8. The minimum absolute atomic E-state index is 0.0840. The van der Waals surface area contributed by atoms with Gasteiger partial charge in [-0.05, 0) is 39.0 Å². The van der Waals surface area contributed by atoms with Crippen LogP contribution in [0.5, 0.6) is 0 Å². The molecule has 7 nitrogen and oxygen atoms in total. The topological polar surface area (TPSA) is 99.7 Å². The molecule has 148 valence electrons. The second-order valence-corrected chi connectivity index (χ2v) is 6.27. The lowest BCUT2D eigenvalue weighted by Crippen LogP contribution is -2.41. The summed E-state index contributed by atoms with van der Waals surface area (Å²) in [6.07, 6.45) is -5.10. The van der Waals surface area contributed by atoms with Crippen molar-refractivity contribution in [3.63, 3.8) is 0 Å². The van der Waals surface area contributed by atoms with E-state index in [0.717, 1.165) is 6.07 Å². The second kappa shape index (κ2) is 9.36. The molecule has 0 unspecified atom stereocenters. The Kier molecular flexibility index (Phi) is 7.77. The minimum atomic E-state index is -4.70. The Balaban J connectivity index is 2.72. The van der Waals surface area contributed by atoms with Crippen LogP contribution in [0.25, 0.3) is 0 Å². The predicted octanol–water partition coefficient (Wildman–Crippen LogP) is 2.70. The number of rotatable bonds is 5. The first-order chi connectivity index (χ1) is 12.4. The van der Waals surface area contributed by atoms with Crippen LogP contribution in [0.4, 0.5) is 18.9 Å². The summed E-state index contributed by atoms with van der Waals surface area (Å²) in [6, 6.07) is 2.70. The number of alkyl halides is 3. The van der Waals surface area contributed by atoms with E-state index in [1.54, 1.807) is 13.8 Å². The third-order valence-electron chi connectivity index (χ3n) is 2.95. The highest BCUT2D eigenvalue weighted by molar-refractivity contribution is 6.35. The average Bonchev–Trinajstić information content (AvgIpc) is 2.52. The van der Waals surface area contributed by atoms with Crippen LogP contribution in [0.15, 0.2) is 23.3 Å². The van der Waals surface area contributed by atoms with Gasteiger partial charge in [0.05, 0.1) is 17.7 Å². The molecule has 0 aromatic heterocycles. The van der Waals surface area contributed by atoms with Gasteiger partial charge in [-0.25, -0.2) is 5.43 Å². The minimum Gasteiger partial charge on any atom is -0.346 e. The first kappa shape index (κ1) is 22.4. The van der Waals surface area contributed by atoms with E-state index in [1.807, 2.05) is 5.43 Å². The van der Waals surface area contributed by atoms with Crippen molar-refractivity contribution in [3.05, 3.63) is 28.8 Å². The smallest absolute Gasteiger partial charge is 0.346 e. The zero-order chi connectivity index (χ0) is 20.8. The number of halogens is 4. The molecule has 1 rings (SSSR count). The van der Waals surface area contributed by atoms with E-state index in [-0.39, 0.29) is 16.8 Å². The van der Waals surface area contributed by atoms with E-state index in [4.69, 9.17) is 11.6 Å². The first-order valence-electron chi connectivity index (χ1n) is 7.70. The number of hydrogen-bond acceptors (Lipinski definition) is 4. The maximum atomic E-state index is 13.0. The van der Waals surface area contributed by atoms with Gasteiger partial charge in [0.15, 0.2) is 0 Å². The fourth-order valence-electron chi connectivity index (χ4n) is 1.85. The van der Waals surface area contributed by atoms with Gasteiger partial charge >= 0.3 is 18.0 Å². The van der Waals surface area contributed by atoms with Gasteiger partial charge < -0.3 is 10.6 Å². The molecule has 0 saturated heterocycles. The molecule has 0 aliphatic rings. The molecule has 0 heterocycles. The van der Waals surface area contributed by atoms with Gasteiger partial charge in [-0.15, -0.1) is 0 Å². The molecule has 1 aromatic rings. The van der Waals surface area contributed by atoms with Crippen LogP contribution >= 0.6 is 11.6 Å². The largest absolute Gasteiger partial charge is 0.418 e. The standard InChI is InChI=1S/C16H18ClF3N4O3/c1-8(2)21-14(26)15(27)24-23-9(3)6-13(25)22-12-5-4-10(17)7-11(12)16(18,19)20/h4-5,7-8H,6H2,1-3H3,(H,21,26)(H,22,25)(H,24,27)/b23-9-. The number of carbonyl (C=O) groups excluding carboxylic acids is 3. The van der Waals surface area contributed by atoms with Gasteiger partial charge in [0.1, 0.15) is 0 Å². The molecule has 0 spiro atoms. The van der Waals surface area contributed by atoms with Gasteiger partial charge in [-0.1, -0.05) is 11.6 Å². The zero-order valence-corrected chi connectivity index (χ0v) is 15.5. The van der Waals surface area contributed by atoms with Crippen LogP contribution in [-0.2, 0) is 20.6 Å². The molecule has 3 N–H and O–H groups in total. The molecule has 11 heteroatoms. The van der Waals surface area contributed by atoms with E-state index in [9.17, 15) is 27.6 Å². The molecule has 1 aromatic carbocycles. The summed E-state index contributed by atoms with van der Waals surface area (Å²) < 4.78 is 39.0. The summed E-state index contributed by atoms with van der Waals surface area (Å²) in [6.45, 7) is 4.69. The zero-order valence-electron chi connectivity index (χ0n) is 14.7. The van der Waals surface area contributed by atoms with Crippen molar-refractivity contribution < 1.29 is 27.6 Å². The Hall–Kier alpha value is -2.62. The molecule has 0 bridgehead atoms. The van der Waals surface area contributed by atoms with Crippen molar-refractivity contribution in [1.29, 1.82) is 0 Å². The van der Waals surface area contributed by atoms with Crippen LogP contribution in [0.1, 0.15) is 32.8 Å². The normalized spacial score (nSPS) is 11.9. The molecule has 0 radical (unpaired) electrons. The number of nitrogens with zero attached hydrogens (tertiary/aromatic N) is 1. The third-order valence-corrected chi connectivity index (χ3v) is 3.19. The van der Waals surface area contributed by atoms with Crippen molar-refractivity contribution in [2.24, 2.45) is 5.10 Å². The van der Waals surface area contributed by atoms with E-state index in [0.29, 0.717) is 6.07 Å². The number of nitrogens with one attached hydrogen (secondary N) is 3. The first-order valence-corrected chi connectivity index (χ1v) is 8.08. The van der Waals surface area contributed by atoms with Gasteiger partial charge in [0.2, 0.25) is 5.91 Å². The molecule has 0 aliphatic carbocycles. The summed E-state index contributed by atoms with van der Waals surface area (Å²) in [5, 5.41) is 7.92. The van der Waals surface area contributed by atoms with Gasteiger partial charge in [0, 0.05) is 16.8 Å². The van der Waals surface area contributed by atoms with Crippen LogP contribution in [0.2, 0.25) is 5.02 Å². The number of hydrogen-bond donors (Lipinski definition) is 3. The van der Waals surface area contributed by atoms with Crippen molar-refractivity contribution in [3.8, 4) is 0 Å². The Bertz CT molecular complexity index is 764. The van der Waals surface area contributed by atoms with Crippen molar-refractivity contribution in [2.75, 3.05) is 5.32 Å². The molecule has 0 atom stereocenters. The number of amides is 3. The highest BCUT2D eigenvalue weighted by Crippen LogP contribution is 2.36. The Morgan fingerprint density at radius 2 is 1.81 bits per heavy atom. The van der Waals surface area contributed by atoms with Crippen LogP contribution in [0, 0.1) is 0 Å². The van der Waals surface area contributed by atoms with E-state index in [2.05, 4.69) is 15.7 Å². The molecule has 0 aliphatic heterocycles. The molecular weight excluding hydrogens is 389 g/mol. The van der Waals surface area contributed by atoms with Crippen molar-refractivity contribution in [2.45, 2.75) is 39.4 Å². The van der Waals surface area contributed by atoms with Crippen molar-refractivity contribution in [1.82, 2.24) is 10.7 Å². The summed E-state index contributed by atoms with van der Waals surface area (Å²) >= 11 is 5.57. The molecule has 0 saturated carbocycles. The van der Waals surface area contributed by atoms with Gasteiger partial charge in [0.25, 0.3) is 0 Å². The van der Waals surface area contributed by atoms with Crippen LogP contribution < -0.4 is 16.1 Å². The van der Waals surface area contributed by atoms with Crippen LogP contribution in [0.3, 0.4) is 0 Å². The number of hydrazone groups is 1. The molecule has 3 amide bonds. The molecule has 27 heavy (non-hydrogen) atoms. The Morgan fingerprint density at radius 3 is 2.37 bits per heavy atom. The number of anilines is 1. The Labute approximate surface area is 158 Å². The van der Waals surface area contributed by atoms with E-state index in [1.165, 1.54) is 13.0 Å². The lowest BCUT2D eigenvalue weighted by Gasteiger charge is -2.14. The molecule has 0 fully saturated rings. The maximum Gasteiger partial charge on any atom is 0.418 e. The number of carbonyl (C=O) groups is 3. The summed E-state index contributed by atoms with van der Waals surface area (Å²) in [5.41, 5.74) is 0.503. The SMILES string of the molecule is C/C(CC(=O)Nc1ccc(Cl)cc1C(F)(F)F)=N/NC(=O)C(=O)NC(C)C. The summed E-state index contributed by atoms with van der Waals surface area (Å²) in [5.74, 6) is -2.72. The van der Waals surface area contributed by atoms with Gasteiger partial charge in [-0.3, -0.25) is 14.4 Å². The van der Waals surface area contributed by atoms with Crippen molar-refractivity contribution >= 4 is 40.7 Å². The fraction of sp³-hybridized carbons (Fsp3) is 0.375. The predicted molar refractivity (Wildman–Crippen MR) is 94.2 cm³/mol. The Morgan fingerprint density at radius 1 is 1.19 bits per heavy atom. The number of benzene rings is 1. The lowest BCUT2D eigenvalue weighted by atomic mass is 10.1. The highest BCUT2D eigenvalue weighted by Gasteiger charge is 2.34. The summed E-state index contributed by atoms with van der Waals surface area (Å²) in [7, 11) is 0. The van der Waals surface area contributed by atoms with E-state index >= 15 is 0 Å². The monoisotopic (exact) mass is 406 g/mol. The quantitative estimate of drug-likeness (QED) is 0.398. The molecular formula is C16H18ClF3N4O3. The van der Waals surface area contributed by atoms with Gasteiger partial charge in [-0.2, -0.15) is 18.3 Å². The third kappa shape index (κ3) is 7.65. The fourth-order valence-corrected chi connectivity index (χ4v) is 2.02.